The molecule has 0 spiro atoms. The fourth-order valence-electron chi connectivity index (χ4n) is 3.40. The van der Waals surface area contributed by atoms with Gasteiger partial charge in [-0.2, -0.15) is 0 Å². The first kappa shape index (κ1) is 24.4. The van der Waals surface area contributed by atoms with Crippen LogP contribution in [0.1, 0.15) is 35.3 Å². The largest absolute Gasteiger partial charge is 0.489 e. The molecule has 0 aliphatic carbocycles. The summed E-state index contributed by atoms with van der Waals surface area (Å²) in [7, 11) is 0. The summed E-state index contributed by atoms with van der Waals surface area (Å²) in [5.41, 5.74) is 0.693. The van der Waals surface area contributed by atoms with Crippen molar-refractivity contribution in [3.05, 3.63) is 58.6 Å². The van der Waals surface area contributed by atoms with Crippen molar-refractivity contribution in [2.24, 2.45) is 0 Å². The molecule has 2 heterocycles. The maximum absolute atomic E-state index is 13.3. The van der Waals surface area contributed by atoms with Crippen molar-refractivity contribution < 1.29 is 23.5 Å². The van der Waals surface area contributed by atoms with Crippen molar-refractivity contribution >= 4 is 29.3 Å². The fourth-order valence-corrected chi connectivity index (χ4v) is 3.64. The number of carbonyl (C=O) groups is 3. The number of halogens is 2. The predicted octanol–water partition coefficient (Wildman–Crippen LogP) is 2.35. The SMILES string of the molecule is O=C1CCCN(C(=O)Cc2ccc(F)cc2Cl)CCCNC(=O)c2ncccc2OCCN1. The van der Waals surface area contributed by atoms with Gasteiger partial charge in [0.2, 0.25) is 11.8 Å². The standard InChI is InChI=1S/C23H26ClFN4O4/c24-18-15-17(25)7-6-16(18)14-21(31)29-11-2-5-20(30)26-10-13-33-19-4-1-8-27-22(19)23(32)28-9-3-12-29/h1,4,6-8,15H,2-3,5,9-14H2,(H,26,30)(H,28,32). The molecule has 0 saturated heterocycles. The van der Waals surface area contributed by atoms with E-state index in [4.69, 9.17) is 16.3 Å². The first-order chi connectivity index (χ1) is 15.9. The van der Waals surface area contributed by atoms with Gasteiger partial charge in [0.05, 0.1) is 13.0 Å². The molecule has 0 bridgehead atoms. The van der Waals surface area contributed by atoms with Gasteiger partial charge in [0.1, 0.15) is 12.4 Å². The summed E-state index contributed by atoms with van der Waals surface area (Å²) >= 11 is 6.07. The van der Waals surface area contributed by atoms with E-state index < -0.39 is 5.82 Å². The Morgan fingerprint density at radius 3 is 2.79 bits per heavy atom. The molecular weight excluding hydrogens is 451 g/mol. The third-order valence-electron chi connectivity index (χ3n) is 5.10. The van der Waals surface area contributed by atoms with Crippen molar-refractivity contribution in [1.29, 1.82) is 0 Å². The molecule has 1 aromatic carbocycles. The lowest BCUT2D eigenvalue weighted by molar-refractivity contribution is -0.131. The molecule has 0 fully saturated rings. The topological polar surface area (TPSA) is 101 Å². The lowest BCUT2D eigenvalue weighted by Crippen LogP contribution is -2.37. The summed E-state index contributed by atoms with van der Waals surface area (Å²) in [6, 6.07) is 7.24. The number of pyridine rings is 1. The minimum absolute atomic E-state index is 0.0201. The Hall–Kier alpha value is -3.20. The van der Waals surface area contributed by atoms with E-state index >= 15 is 0 Å². The highest BCUT2D eigenvalue weighted by Gasteiger charge is 2.18. The van der Waals surface area contributed by atoms with E-state index in [0.29, 0.717) is 43.8 Å². The van der Waals surface area contributed by atoms with Crippen molar-refractivity contribution in [1.82, 2.24) is 20.5 Å². The van der Waals surface area contributed by atoms with Crippen molar-refractivity contribution in [3.8, 4) is 5.75 Å². The fraction of sp³-hybridized carbons (Fsp3) is 0.391. The number of amides is 3. The Morgan fingerprint density at radius 1 is 1.15 bits per heavy atom. The van der Waals surface area contributed by atoms with Crippen LogP contribution in [0.2, 0.25) is 5.02 Å². The summed E-state index contributed by atoms with van der Waals surface area (Å²) in [6.45, 7) is 1.56. The molecule has 2 aromatic rings. The van der Waals surface area contributed by atoms with E-state index in [2.05, 4.69) is 15.6 Å². The van der Waals surface area contributed by atoms with Crippen LogP contribution >= 0.6 is 11.6 Å². The highest BCUT2D eigenvalue weighted by Crippen LogP contribution is 2.19. The number of ether oxygens (including phenoxy) is 1. The average molecular weight is 477 g/mol. The second-order valence-electron chi connectivity index (χ2n) is 7.55. The van der Waals surface area contributed by atoms with Gasteiger partial charge in [-0.1, -0.05) is 17.7 Å². The van der Waals surface area contributed by atoms with E-state index in [9.17, 15) is 18.8 Å². The number of nitrogens with zero attached hydrogens (tertiary/aromatic N) is 2. The maximum atomic E-state index is 13.3. The Labute approximate surface area is 196 Å². The number of aromatic nitrogens is 1. The molecule has 0 atom stereocenters. The highest BCUT2D eigenvalue weighted by molar-refractivity contribution is 6.31. The summed E-state index contributed by atoms with van der Waals surface area (Å²) in [5.74, 6) is -0.841. The molecular formula is C23H26ClFN4O4. The van der Waals surface area contributed by atoms with Gasteiger partial charge in [0, 0.05) is 37.3 Å². The van der Waals surface area contributed by atoms with Crippen LogP contribution < -0.4 is 15.4 Å². The number of hydrogen-bond donors (Lipinski definition) is 2. The third-order valence-corrected chi connectivity index (χ3v) is 5.45. The van der Waals surface area contributed by atoms with E-state index in [-0.39, 0.29) is 54.4 Å². The van der Waals surface area contributed by atoms with E-state index in [0.717, 1.165) is 0 Å². The van der Waals surface area contributed by atoms with E-state index in [1.165, 1.54) is 24.4 Å². The molecule has 176 valence electrons. The molecule has 1 aromatic heterocycles. The van der Waals surface area contributed by atoms with Crippen LogP contribution in [0.4, 0.5) is 4.39 Å². The van der Waals surface area contributed by atoms with Crippen LogP contribution in [-0.2, 0) is 16.0 Å². The third kappa shape index (κ3) is 7.42. The molecule has 3 rings (SSSR count). The van der Waals surface area contributed by atoms with Crippen LogP contribution in [0.15, 0.2) is 36.5 Å². The molecule has 8 nitrogen and oxygen atoms in total. The zero-order chi connectivity index (χ0) is 23.6. The van der Waals surface area contributed by atoms with Gasteiger partial charge in [0.15, 0.2) is 11.4 Å². The molecule has 3 amide bonds. The van der Waals surface area contributed by atoms with Gasteiger partial charge in [-0.15, -0.1) is 0 Å². The quantitative estimate of drug-likeness (QED) is 0.693. The Balaban J connectivity index is 1.67. The minimum atomic E-state index is -0.468. The van der Waals surface area contributed by atoms with Crippen LogP contribution in [0.3, 0.4) is 0 Å². The molecule has 0 radical (unpaired) electrons. The Bertz CT molecular complexity index is 1000. The Kier molecular flexibility index (Phi) is 9.00. The molecule has 2 N–H and O–H groups in total. The second kappa shape index (κ2) is 12.2. The van der Waals surface area contributed by atoms with Crippen molar-refractivity contribution in [3.63, 3.8) is 0 Å². The monoisotopic (exact) mass is 476 g/mol. The second-order valence-corrected chi connectivity index (χ2v) is 7.96. The van der Waals surface area contributed by atoms with Gasteiger partial charge < -0.3 is 20.3 Å². The number of hydrogen-bond acceptors (Lipinski definition) is 5. The minimum Gasteiger partial charge on any atom is -0.489 e. The van der Waals surface area contributed by atoms with Crippen LogP contribution in [-0.4, -0.2) is 60.4 Å². The van der Waals surface area contributed by atoms with Crippen LogP contribution in [0.5, 0.6) is 5.75 Å². The first-order valence-electron chi connectivity index (χ1n) is 10.8. The van der Waals surface area contributed by atoms with Crippen LogP contribution in [0.25, 0.3) is 0 Å². The van der Waals surface area contributed by atoms with Gasteiger partial charge >= 0.3 is 0 Å². The summed E-state index contributed by atoms with van der Waals surface area (Å²) in [6.07, 6.45) is 2.77. The number of rotatable bonds is 2. The zero-order valence-electron chi connectivity index (χ0n) is 18.1. The summed E-state index contributed by atoms with van der Waals surface area (Å²) in [5, 5.41) is 5.75. The normalized spacial score (nSPS) is 16.2. The lowest BCUT2D eigenvalue weighted by atomic mass is 10.1. The van der Waals surface area contributed by atoms with E-state index in [1.54, 1.807) is 17.0 Å². The average Bonchev–Trinajstić information content (AvgIpc) is 2.79. The summed E-state index contributed by atoms with van der Waals surface area (Å²) in [4.78, 5) is 43.3. The number of fused-ring (bicyclic) bond motifs is 1. The Morgan fingerprint density at radius 2 is 1.97 bits per heavy atom. The molecule has 1 aliphatic heterocycles. The summed E-state index contributed by atoms with van der Waals surface area (Å²) < 4.78 is 18.9. The van der Waals surface area contributed by atoms with E-state index in [1.807, 2.05) is 0 Å². The molecule has 1 aliphatic rings. The van der Waals surface area contributed by atoms with Gasteiger partial charge in [0.25, 0.3) is 5.91 Å². The number of carbonyl (C=O) groups excluding carboxylic acids is 3. The van der Waals surface area contributed by atoms with Gasteiger partial charge in [-0.05, 0) is 42.7 Å². The zero-order valence-corrected chi connectivity index (χ0v) is 18.9. The smallest absolute Gasteiger partial charge is 0.273 e. The molecule has 0 unspecified atom stereocenters. The van der Waals surface area contributed by atoms with Crippen molar-refractivity contribution in [2.45, 2.75) is 25.7 Å². The maximum Gasteiger partial charge on any atom is 0.273 e. The first-order valence-corrected chi connectivity index (χ1v) is 11.2. The number of benzene rings is 1. The predicted molar refractivity (Wildman–Crippen MR) is 121 cm³/mol. The van der Waals surface area contributed by atoms with Crippen LogP contribution in [0, 0.1) is 5.82 Å². The highest BCUT2D eigenvalue weighted by atomic mass is 35.5. The van der Waals surface area contributed by atoms with Gasteiger partial charge in [-0.3, -0.25) is 14.4 Å². The molecule has 0 saturated carbocycles. The molecule has 10 heteroatoms. The lowest BCUT2D eigenvalue weighted by Gasteiger charge is -2.23. The van der Waals surface area contributed by atoms with Crippen molar-refractivity contribution in [2.75, 3.05) is 32.8 Å². The molecule has 33 heavy (non-hydrogen) atoms. The number of nitrogens with one attached hydrogen (secondary N) is 2. The van der Waals surface area contributed by atoms with Gasteiger partial charge in [-0.25, -0.2) is 9.37 Å².